The molecule has 0 unspecified atom stereocenters. The number of nitrogens with zero attached hydrogens (tertiary/aromatic N) is 1. The molecule has 0 aliphatic rings. The van der Waals surface area contributed by atoms with Crippen molar-refractivity contribution in [2.75, 3.05) is 10.6 Å². The number of rotatable bonds is 8. The van der Waals surface area contributed by atoms with Gasteiger partial charge in [0.1, 0.15) is 11.6 Å². The van der Waals surface area contributed by atoms with E-state index >= 15 is 0 Å². The van der Waals surface area contributed by atoms with Crippen LogP contribution in [0.4, 0.5) is 29.5 Å². The summed E-state index contributed by atoms with van der Waals surface area (Å²) in [6.07, 6.45) is -5.10. The molecule has 4 aromatic rings. The fourth-order valence-electron chi connectivity index (χ4n) is 3.63. The Labute approximate surface area is 225 Å². The Morgan fingerprint density at radius 1 is 0.825 bits per heavy atom. The molecular weight excluding hydrogens is 529 g/mol. The van der Waals surface area contributed by atoms with Gasteiger partial charge in [-0.1, -0.05) is 48.5 Å². The zero-order valence-corrected chi connectivity index (χ0v) is 20.5. The number of pyridine rings is 1. The first kappa shape index (κ1) is 27.6. The van der Waals surface area contributed by atoms with Crippen LogP contribution < -0.4 is 20.7 Å². The highest BCUT2D eigenvalue weighted by Crippen LogP contribution is 2.28. The summed E-state index contributed by atoms with van der Waals surface area (Å²) in [6, 6.07) is 22.4. The van der Waals surface area contributed by atoms with E-state index < -0.39 is 35.6 Å². The predicted octanol–water partition coefficient (Wildman–Crippen LogP) is 5.92. The largest absolute Gasteiger partial charge is 0.573 e. The van der Waals surface area contributed by atoms with E-state index in [1.54, 1.807) is 12.1 Å². The van der Waals surface area contributed by atoms with Crippen molar-refractivity contribution in [3.05, 3.63) is 108 Å². The van der Waals surface area contributed by atoms with Crippen molar-refractivity contribution in [3.63, 3.8) is 0 Å². The topological polar surface area (TPSA) is 130 Å². The molecule has 0 radical (unpaired) electrons. The number of hydrogen-bond donors (Lipinski definition) is 4. The summed E-state index contributed by atoms with van der Waals surface area (Å²) in [5.74, 6) is -2.32. The van der Waals surface area contributed by atoms with E-state index in [1.807, 2.05) is 42.5 Å². The Balaban J connectivity index is 1.49. The molecule has 0 atom stereocenters. The first-order valence-electron chi connectivity index (χ1n) is 11.7. The third-order valence-corrected chi connectivity index (χ3v) is 5.47. The summed E-state index contributed by atoms with van der Waals surface area (Å²) >= 11 is 0. The van der Waals surface area contributed by atoms with Crippen molar-refractivity contribution in [3.8, 4) is 16.9 Å². The Morgan fingerprint density at radius 3 is 2.15 bits per heavy atom. The third-order valence-electron chi connectivity index (χ3n) is 5.47. The highest BCUT2D eigenvalue weighted by atomic mass is 19.4. The highest BCUT2D eigenvalue weighted by Gasteiger charge is 2.33. The van der Waals surface area contributed by atoms with Crippen LogP contribution in [-0.2, 0) is 6.54 Å². The average molecular weight is 550 g/mol. The minimum Gasteiger partial charge on any atom is -0.465 e. The van der Waals surface area contributed by atoms with Gasteiger partial charge in [-0.05, 0) is 53.1 Å². The molecule has 0 bridgehead atoms. The van der Waals surface area contributed by atoms with Crippen LogP contribution in [0, 0.1) is 0 Å². The zero-order chi connectivity index (χ0) is 28.7. The highest BCUT2D eigenvalue weighted by molar-refractivity contribution is 6.07. The first-order chi connectivity index (χ1) is 19.1. The fraction of sp³-hybridized carbons (Fsp3) is 0.0714. The summed E-state index contributed by atoms with van der Waals surface area (Å²) in [6.45, 7) is -0.144. The van der Waals surface area contributed by atoms with Gasteiger partial charge in [0.25, 0.3) is 11.8 Å². The number of aromatic nitrogens is 1. The van der Waals surface area contributed by atoms with E-state index in [2.05, 4.69) is 25.7 Å². The number of nitrogens with one attached hydrogen (secondary N) is 3. The molecule has 3 aromatic carbocycles. The van der Waals surface area contributed by atoms with Gasteiger partial charge >= 0.3 is 12.5 Å². The smallest absolute Gasteiger partial charge is 0.465 e. The second-order valence-corrected chi connectivity index (χ2v) is 8.32. The molecule has 1 heterocycles. The van der Waals surface area contributed by atoms with E-state index in [0.29, 0.717) is 11.3 Å². The van der Waals surface area contributed by atoms with Crippen LogP contribution in [0.3, 0.4) is 0 Å². The molecule has 0 saturated carbocycles. The summed E-state index contributed by atoms with van der Waals surface area (Å²) in [4.78, 5) is 40.2. The van der Waals surface area contributed by atoms with Crippen LogP contribution in [0.15, 0.2) is 91.1 Å². The lowest BCUT2D eigenvalue weighted by Gasteiger charge is -2.15. The van der Waals surface area contributed by atoms with E-state index in [4.69, 9.17) is 5.11 Å². The standard InChI is InChI=1S/C28H21F3N4O5/c29-28(30,31)40-23-12-9-20(25(36)34-21-10-7-19(8-11-21)18-4-2-1-3-5-18)14-22(23)26(37)33-16-17-6-13-24(32-15-17)35-27(38)39/h1-15H,16H2,(H,32,35)(H,33,37)(H,34,36)(H,38,39). The number of halogens is 3. The molecule has 3 amide bonds. The molecule has 0 aliphatic heterocycles. The quantitative estimate of drug-likeness (QED) is 0.216. The van der Waals surface area contributed by atoms with E-state index in [9.17, 15) is 27.6 Å². The Kier molecular flexibility index (Phi) is 8.28. The first-order valence-corrected chi connectivity index (χ1v) is 11.7. The average Bonchev–Trinajstić information content (AvgIpc) is 2.92. The monoisotopic (exact) mass is 550 g/mol. The third kappa shape index (κ3) is 7.57. The van der Waals surface area contributed by atoms with Crippen LogP contribution in [0.2, 0.25) is 0 Å². The van der Waals surface area contributed by atoms with Gasteiger partial charge in [0, 0.05) is 24.0 Å². The molecule has 4 N–H and O–H groups in total. The number of ether oxygens (including phenoxy) is 1. The molecule has 40 heavy (non-hydrogen) atoms. The van der Waals surface area contributed by atoms with Crippen LogP contribution >= 0.6 is 0 Å². The number of amides is 3. The van der Waals surface area contributed by atoms with Crippen LogP contribution in [0.5, 0.6) is 5.75 Å². The van der Waals surface area contributed by atoms with E-state index in [1.165, 1.54) is 18.3 Å². The Hall–Kier alpha value is -5.39. The van der Waals surface area contributed by atoms with Crippen molar-refractivity contribution >= 4 is 29.4 Å². The summed E-state index contributed by atoms with van der Waals surface area (Å²) in [5, 5.41) is 15.9. The van der Waals surface area contributed by atoms with Crippen molar-refractivity contribution in [2.24, 2.45) is 0 Å². The molecule has 0 spiro atoms. The molecular formula is C28H21F3N4O5. The number of anilines is 2. The number of carboxylic acid groups (broad SMARTS) is 1. The van der Waals surface area contributed by atoms with Gasteiger partial charge in [-0.15, -0.1) is 13.2 Å². The minimum atomic E-state index is -5.07. The summed E-state index contributed by atoms with van der Waals surface area (Å²) in [7, 11) is 0. The lowest BCUT2D eigenvalue weighted by molar-refractivity contribution is -0.274. The van der Waals surface area contributed by atoms with Crippen molar-refractivity contribution in [1.29, 1.82) is 0 Å². The molecule has 9 nitrogen and oxygen atoms in total. The van der Waals surface area contributed by atoms with Gasteiger partial charge < -0.3 is 20.5 Å². The van der Waals surface area contributed by atoms with Crippen LogP contribution in [-0.4, -0.2) is 34.4 Å². The number of carbonyl (C=O) groups is 3. The maximum absolute atomic E-state index is 13.0. The second kappa shape index (κ2) is 12.0. The Morgan fingerprint density at radius 2 is 1.52 bits per heavy atom. The van der Waals surface area contributed by atoms with Crippen LogP contribution in [0.25, 0.3) is 11.1 Å². The predicted molar refractivity (Wildman–Crippen MR) is 140 cm³/mol. The molecule has 12 heteroatoms. The van der Waals surface area contributed by atoms with Gasteiger partial charge in [-0.25, -0.2) is 9.78 Å². The van der Waals surface area contributed by atoms with Crippen molar-refractivity contribution < 1.29 is 37.4 Å². The molecule has 0 fully saturated rings. The van der Waals surface area contributed by atoms with Gasteiger partial charge in [-0.3, -0.25) is 14.9 Å². The molecule has 1 aromatic heterocycles. The van der Waals surface area contributed by atoms with E-state index in [-0.39, 0.29) is 17.9 Å². The van der Waals surface area contributed by atoms with Crippen LogP contribution in [0.1, 0.15) is 26.3 Å². The van der Waals surface area contributed by atoms with Gasteiger partial charge in [-0.2, -0.15) is 0 Å². The molecule has 0 aliphatic carbocycles. The van der Waals surface area contributed by atoms with Crippen molar-refractivity contribution in [2.45, 2.75) is 12.9 Å². The maximum Gasteiger partial charge on any atom is 0.573 e. The SMILES string of the molecule is O=C(O)Nc1ccc(CNC(=O)c2cc(C(=O)Nc3ccc(-c4ccccc4)cc3)ccc2OC(F)(F)F)cn1. The number of benzene rings is 3. The van der Waals surface area contributed by atoms with Gasteiger partial charge in [0.2, 0.25) is 0 Å². The fourth-order valence-corrected chi connectivity index (χ4v) is 3.63. The lowest BCUT2D eigenvalue weighted by atomic mass is 10.1. The number of alkyl halides is 3. The van der Waals surface area contributed by atoms with Crippen molar-refractivity contribution in [1.82, 2.24) is 10.3 Å². The lowest BCUT2D eigenvalue weighted by Crippen LogP contribution is -2.26. The van der Waals surface area contributed by atoms with E-state index in [0.717, 1.165) is 29.3 Å². The molecule has 0 saturated heterocycles. The van der Waals surface area contributed by atoms with Gasteiger partial charge in [0.05, 0.1) is 5.56 Å². The maximum atomic E-state index is 13.0. The summed E-state index contributed by atoms with van der Waals surface area (Å²) in [5.41, 5.74) is 2.21. The summed E-state index contributed by atoms with van der Waals surface area (Å²) < 4.78 is 42.9. The number of hydrogen-bond acceptors (Lipinski definition) is 5. The normalized spacial score (nSPS) is 10.9. The van der Waals surface area contributed by atoms with Gasteiger partial charge in [0.15, 0.2) is 0 Å². The molecule has 204 valence electrons. The second-order valence-electron chi connectivity index (χ2n) is 8.32. The molecule has 4 rings (SSSR count). The number of carbonyl (C=O) groups excluding carboxylic acids is 2. The minimum absolute atomic E-state index is 0.0526. The Bertz CT molecular complexity index is 1510. The zero-order valence-electron chi connectivity index (χ0n) is 20.5.